The fourth-order valence-corrected chi connectivity index (χ4v) is 1.17. The second-order valence-electron chi connectivity index (χ2n) is 3.38. The van der Waals surface area contributed by atoms with Gasteiger partial charge in [0.15, 0.2) is 11.5 Å². The molecule has 0 aliphatic rings. The maximum atomic E-state index is 11.2. The van der Waals surface area contributed by atoms with Crippen molar-refractivity contribution < 1.29 is 4.79 Å². The Kier molecular flexibility index (Phi) is 4.65. The Morgan fingerprint density at radius 2 is 2.12 bits per heavy atom. The van der Waals surface area contributed by atoms with Crippen molar-refractivity contribution in [2.45, 2.75) is 0 Å². The third kappa shape index (κ3) is 3.16. The van der Waals surface area contributed by atoms with Crippen LogP contribution < -0.4 is 15.5 Å². The van der Waals surface area contributed by atoms with Gasteiger partial charge >= 0.3 is 0 Å². The highest BCUT2D eigenvalue weighted by molar-refractivity contribution is 5.91. The molecule has 1 aromatic heterocycles. The van der Waals surface area contributed by atoms with Crippen LogP contribution >= 0.6 is 0 Å². The molecule has 6 nitrogen and oxygen atoms in total. The summed E-state index contributed by atoms with van der Waals surface area (Å²) in [6.45, 7) is 1.71. The molecule has 16 heavy (non-hydrogen) atoms. The third-order valence-electron chi connectivity index (χ3n) is 2.20. The number of anilines is 1. The molecule has 0 spiro atoms. The van der Waals surface area contributed by atoms with Crippen LogP contribution in [0.3, 0.4) is 0 Å². The minimum absolute atomic E-state index is 0.225. The summed E-state index contributed by atoms with van der Waals surface area (Å²) < 4.78 is 0. The predicted molar refractivity (Wildman–Crippen MR) is 62.6 cm³/mol. The van der Waals surface area contributed by atoms with E-state index in [1.54, 1.807) is 19.2 Å². The van der Waals surface area contributed by atoms with Crippen molar-refractivity contribution in [1.29, 1.82) is 0 Å². The van der Waals surface area contributed by atoms with Gasteiger partial charge in [-0.2, -0.15) is 0 Å². The summed E-state index contributed by atoms with van der Waals surface area (Å²) in [6, 6.07) is 3.45. The molecule has 0 fully saturated rings. The zero-order valence-corrected chi connectivity index (χ0v) is 9.82. The van der Waals surface area contributed by atoms with Crippen LogP contribution in [0, 0.1) is 0 Å². The van der Waals surface area contributed by atoms with Crippen LogP contribution in [-0.2, 0) is 0 Å². The Morgan fingerprint density at radius 1 is 1.38 bits per heavy atom. The van der Waals surface area contributed by atoms with Gasteiger partial charge in [-0.25, -0.2) is 0 Å². The molecule has 0 radical (unpaired) electrons. The molecular weight excluding hydrogens is 206 g/mol. The zero-order valence-electron chi connectivity index (χ0n) is 9.82. The maximum Gasteiger partial charge on any atom is 0.271 e. The summed E-state index contributed by atoms with van der Waals surface area (Å²) in [5, 5.41) is 13.4. The molecule has 0 aromatic carbocycles. The summed E-state index contributed by atoms with van der Waals surface area (Å²) in [4.78, 5) is 13.2. The second kappa shape index (κ2) is 6.02. The number of aromatic nitrogens is 2. The number of nitrogens with one attached hydrogen (secondary N) is 2. The van der Waals surface area contributed by atoms with E-state index in [0.717, 1.165) is 18.9 Å². The van der Waals surface area contributed by atoms with Crippen molar-refractivity contribution in [2.75, 3.05) is 39.1 Å². The van der Waals surface area contributed by atoms with E-state index in [2.05, 4.69) is 20.8 Å². The first-order valence-corrected chi connectivity index (χ1v) is 5.10. The van der Waals surface area contributed by atoms with Crippen molar-refractivity contribution in [2.24, 2.45) is 0 Å². The van der Waals surface area contributed by atoms with Gasteiger partial charge in [0.25, 0.3) is 5.91 Å². The molecule has 6 heteroatoms. The van der Waals surface area contributed by atoms with Crippen molar-refractivity contribution >= 4 is 11.7 Å². The lowest BCUT2D eigenvalue weighted by Crippen LogP contribution is -2.28. The number of nitrogens with zero attached hydrogens (tertiary/aromatic N) is 3. The molecule has 1 heterocycles. The SMILES string of the molecule is CNCCN(C)c1ccc(C(=O)NC)nn1. The lowest BCUT2D eigenvalue weighted by atomic mass is 10.3. The lowest BCUT2D eigenvalue weighted by Gasteiger charge is -2.16. The minimum Gasteiger partial charge on any atom is -0.357 e. The molecule has 1 aromatic rings. The van der Waals surface area contributed by atoms with E-state index in [-0.39, 0.29) is 5.91 Å². The van der Waals surface area contributed by atoms with Crippen LogP contribution in [0.15, 0.2) is 12.1 Å². The van der Waals surface area contributed by atoms with Crippen LogP contribution in [0.25, 0.3) is 0 Å². The zero-order chi connectivity index (χ0) is 12.0. The van der Waals surface area contributed by atoms with E-state index < -0.39 is 0 Å². The van der Waals surface area contributed by atoms with E-state index in [4.69, 9.17) is 0 Å². The van der Waals surface area contributed by atoms with Gasteiger partial charge in [-0.1, -0.05) is 0 Å². The van der Waals surface area contributed by atoms with Crippen LogP contribution in [0.5, 0.6) is 0 Å². The average molecular weight is 223 g/mol. The Morgan fingerprint density at radius 3 is 2.62 bits per heavy atom. The molecule has 0 unspecified atom stereocenters. The molecule has 0 saturated heterocycles. The number of rotatable bonds is 5. The number of amides is 1. The average Bonchev–Trinajstić information content (AvgIpc) is 2.35. The first kappa shape index (κ1) is 12.4. The number of carbonyl (C=O) groups excluding carboxylic acids is 1. The van der Waals surface area contributed by atoms with Gasteiger partial charge in [-0.05, 0) is 19.2 Å². The van der Waals surface area contributed by atoms with Gasteiger partial charge in [0, 0.05) is 27.2 Å². The molecule has 1 rings (SSSR count). The molecule has 0 aliphatic heterocycles. The van der Waals surface area contributed by atoms with Crippen molar-refractivity contribution in [3.63, 3.8) is 0 Å². The van der Waals surface area contributed by atoms with E-state index >= 15 is 0 Å². The van der Waals surface area contributed by atoms with E-state index in [0.29, 0.717) is 5.69 Å². The van der Waals surface area contributed by atoms with Crippen LogP contribution in [0.1, 0.15) is 10.5 Å². The van der Waals surface area contributed by atoms with Crippen LogP contribution in [0.4, 0.5) is 5.82 Å². The van der Waals surface area contributed by atoms with Crippen molar-refractivity contribution in [3.8, 4) is 0 Å². The molecule has 0 saturated carbocycles. The van der Waals surface area contributed by atoms with Gasteiger partial charge in [0.2, 0.25) is 0 Å². The minimum atomic E-state index is -0.225. The van der Waals surface area contributed by atoms with Gasteiger partial charge in [-0.15, -0.1) is 10.2 Å². The Labute approximate surface area is 95.0 Å². The molecular formula is C10H17N5O. The smallest absolute Gasteiger partial charge is 0.271 e. The monoisotopic (exact) mass is 223 g/mol. The lowest BCUT2D eigenvalue weighted by molar-refractivity contribution is 0.0957. The van der Waals surface area contributed by atoms with Gasteiger partial charge in [0.1, 0.15) is 0 Å². The van der Waals surface area contributed by atoms with Gasteiger partial charge in [0.05, 0.1) is 0 Å². The molecule has 2 N–H and O–H groups in total. The van der Waals surface area contributed by atoms with Gasteiger partial charge in [-0.3, -0.25) is 4.79 Å². The highest BCUT2D eigenvalue weighted by Crippen LogP contribution is 2.06. The maximum absolute atomic E-state index is 11.2. The fourth-order valence-electron chi connectivity index (χ4n) is 1.17. The number of hydrogen-bond acceptors (Lipinski definition) is 5. The standard InChI is InChI=1S/C10H17N5O/c1-11-6-7-15(3)9-5-4-8(13-14-9)10(16)12-2/h4-5,11H,6-7H2,1-3H3,(H,12,16). The van der Waals surface area contributed by atoms with Crippen LogP contribution in [-0.4, -0.2) is 50.3 Å². The summed E-state index contributed by atoms with van der Waals surface area (Å²) in [5.41, 5.74) is 0.327. The highest BCUT2D eigenvalue weighted by Gasteiger charge is 2.07. The van der Waals surface area contributed by atoms with Gasteiger partial charge < -0.3 is 15.5 Å². The Hall–Kier alpha value is -1.69. The summed E-state index contributed by atoms with van der Waals surface area (Å²) in [7, 11) is 5.39. The molecule has 88 valence electrons. The Bertz CT molecular complexity index is 338. The Balaban J connectivity index is 2.67. The van der Waals surface area contributed by atoms with Crippen LogP contribution in [0.2, 0.25) is 0 Å². The fraction of sp³-hybridized carbons (Fsp3) is 0.500. The summed E-state index contributed by atoms with van der Waals surface area (Å²) in [6.07, 6.45) is 0. The highest BCUT2D eigenvalue weighted by atomic mass is 16.1. The van der Waals surface area contributed by atoms with Crippen molar-refractivity contribution in [1.82, 2.24) is 20.8 Å². The predicted octanol–water partition coefficient (Wildman–Crippen LogP) is -0.508. The van der Waals surface area contributed by atoms with E-state index in [1.165, 1.54) is 0 Å². The largest absolute Gasteiger partial charge is 0.357 e. The number of carbonyl (C=O) groups is 1. The molecule has 0 bridgehead atoms. The van der Waals surface area contributed by atoms with Crippen molar-refractivity contribution in [3.05, 3.63) is 17.8 Å². The number of hydrogen-bond donors (Lipinski definition) is 2. The molecule has 0 atom stereocenters. The summed E-state index contributed by atoms with van der Waals surface area (Å²) in [5.74, 6) is 0.528. The van der Waals surface area contributed by atoms with E-state index in [1.807, 2.05) is 19.0 Å². The second-order valence-corrected chi connectivity index (χ2v) is 3.38. The third-order valence-corrected chi connectivity index (χ3v) is 2.20. The normalized spacial score (nSPS) is 9.94. The summed E-state index contributed by atoms with van der Waals surface area (Å²) >= 11 is 0. The molecule has 0 aliphatic carbocycles. The molecule has 1 amide bonds. The number of likely N-dealkylation sites (N-methyl/N-ethyl adjacent to an activating group) is 2. The first-order chi connectivity index (χ1) is 7.69. The first-order valence-electron chi connectivity index (χ1n) is 5.10. The topological polar surface area (TPSA) is 70.2 Å². The quantitative estimate of drug-likeness (QED) is 0.703. The van der Waals surface area contributed by atoms with E-state index in [9.17, 15) is 4.79 Å².